The van der Waals surface area contributed by atoms with Crippen LogP contribution in [0.4, 0.5) is 8.78 Å². The third-order valence-corrected chi connectivity index (χ3v) is 7.93. The maximum absolute atomic E-state index is 15.7. The number of allylic oxidation sites excluding steroid dienone is 2. The van der Waals surface area contributed by atoms with Crippen LogP contribution in [0.3, 0.4) is 0 Å². The largest absolute Gasteiger partial charge is 0.328 e. The highest BCUT2D eigenvalue weighted by Crippen LogP contribution is 2.44. The van der Waals surface area contributed by atoms with Crippen molar-refractivity contribution in [2.45, 2.75) is 47.2 Å². The number of hydrogen-bond donors (Lipinski definition) is 0. The van der Waals surface area contributed by atoms with E-state index in [1.165, 1.54) is 29.9 Å². The minimum Gasteiger partial charge on any atom is -0.264 e. The van der Waals surface area contributed by atoms with E-state index in [1.807, 2.05) is 38.1 Å². The van der Waals surface area contributed by atoms with Gasteiger partial charge in [-0.15, -0.1) is 16.4 Å². The molecule has 3 heterocycles. The summed E-state index contributed by atoms with van der Waals surface area (Å²) < 4.78 is 33.4. The van der Waals surface area contributed by atoms with Gasteiger partial charge in [0, 0.05) is 37.6 Å². The van der Waals surface area contributed by atoms with Crippen molar-refractivity contribution in [1.29, 1.82) is 5.26 Å². The summed E-state index contributed by atoms with van der Waals surface area (Å²) in [6, 6.07) is 9.73. The highest BCUT2D eigenvalue weighted by Gasteiger charge is 2.42. The number of rotatable bonds is 5. The van der Waals surface area contributed by atoms with Crippen molar-refractivity contribution in [3.63, 3.8) is 0 Å². The van der Waals surface area contributed by atoms with E-state index in [-0.39, 0.29) is 11.4 Å². The summed E-state index contributed by atoms with van der Waals surface area (Å²) in [4.78, 5) is 8.24. The number of benzene rings is 1. The van der Waals surface area contributed by atoms with Crippen molar-refractivity contribution < 1.29 is 8.78 Å². The number of fused-ring (bicyclic) bond motifs is 1. The molecule has 8 heteroatoms. The Morgan fingerprint density at radius 2 is 1.83 bits per heavy atom. The Kier molecular flexibility index (Phi) is 6.40. The zero-order valence-electron chi connectivity index (χ0n) is 21.1. The Balaban J connectivity index is 2.17. The molecule has 0 bridgehead atoms. The molecule has 5 nitrogen and oxygen atoms in total. The zero-order valence-corrected chi connectivity index (χ0v) is 22.0. The number of aryl methyl sites for hydroxylation is 2. The number of aromatic nitrogens is 4. The molecular formula is C28H27F2N5S. The lowest BCUT2D eigenvalue weighted by Crippen LogP contribution is -2.37. The average molecular weight is 504 g/mol. The van der Waals surface area contributed by atoms with E-state index in [0.717, 1.165) is 31.0 Å². The summed E-state index contributed by atoms with van der Waals surface area (Å²) in [6.07, 6.45) is 4.22. The van der Waals surface area contributed by atoms with Crippen LogP contribution < -0.4 is 9.75 Å². The Morgan fingerprint density at radius 1 is 1.17 bits per heavy atom. The Labute approximate surface area is 212 Å². The summed E-state index contributed by atoms with van der Waals surface area (Å²) in [5.74, 6) is 0.0132. The van der Waals surface area contributed by atoms with E-state index in [4.69, 9.17) is 0 Å². The number of thiophene rings is 1. The molecule has 0 unspecified atom stereocenters. The third kappa shape index (κ3) is 4.24. The van der Waals surface area contributed by atoms with Crippen LogP contribution in [0.15, 0.2) is 42.2 Å². The number of halogens is 2. The third-order valence-electron chi connectivity index (χ3n) is 6.89. The molecule has 0 spiro atoms. The van der Waals surface area contributed by atoms with Crippen molar-refractivity contribution in [2.75, 3.05) is 0 Å². The Morgan fingerprint density at radius 3 is 2.44 bits per heavy atom. The van der Waals surface area contributed by atoms with Gasteiger partial charge in [0.1, 0.15) is 17.3 Å². The fourth-order valence-corrected chi connectivity index (χ4v) is 5.12. The predicted octanol–water partition coefficient (Wildman–Crippen LogP) is 5.58. The van der Waals surface area contributed by atoms with Crippen LogP contribution >= 0.6 is 11.3 Å². The van der Waals surface area contributed by atoms with Crippen LogP contribution in [0, 0.1) is 36.7 Å². The van der Waals surface area contributed by atoms with Gasteiger partial charge in [-0.05, 0) is 56.5 Å². The highest BCUT2D eigenvalue weighted by atomic mass is 32.1. The Bertz CT molecular complexity index is 1640. The van der Waals surface area contributed by atoms with Crippen LogP contribution in [0.1, 0.15) is 44.6 Å². The molecule has 36 heavy (non-hydrogen) atoms. The number of pyridine rings is 1. The number of nitriles is 1. The minimum absolute atomic E-state index is 0.0132. The molecule has 0 aliphatic rings. The number of alkyl halides is 1. The van der Waals surface area contributed by atoms with Gasteiger partial charge in [-0.3, -0.25) is 4.98 Å². The van der Waals surface area contributed by atoms with Gasteiger partial charge in [0.05, 0.1) is 5.69 Å². The molecule has 0 radical (unpaired) electrons. The van der Waals surface area contributed by atoms with Crippen molar-refractivity contribution in [2.24, 2.45) is 5.41 Å². The molecule has 0 aliphatic carbocycles. The SMILES string of the molecule is C=c1sc2ccncc2/c1=C/C(=C(\C#N)c1nc(F)nn1-c1c(C)cccc1C)C(C)(C)C(C)(C)F. The summed E-state index contributed by atoms with van der Waals surface area (Å²) >= 11 is 1.49. The smallest absolute Gasteiger partial charge is 0.264 e. The van der Waals surface area contributed by atoms with Gasteiger partial charge in [0.15, 0.2) is 5.82 Å². The minimum atomic E-state index is -1.74. The highest BCUT2D eigenvalue weighted by molar-refractivity contribution is 7.17. The van der Waals surface area contributed by atoms with E-state index in [0.29, 0.717) is 11.3 Å². The van der Waals surface area contributed by atoms with Crippen molar-refractivity contribution in [3.8, 4) is 11.8 Å². The Hall–Kier alpha value is -3.70. The summed E-state index contributed by atoms with van der Waals surface area (Å²) in [7, 11) is 0. The summed E-state index contributed by atoms with van der Waals surface area (Å²) in [6.45, 7) is 14.3. The molecule has 1 aromatic carbocycles. The standard InChI is InChI=1S/C28H27F2N5S/c1-16-9-8-10-17(2)24(16)35-25(33-26(29)34-35)20(14-31)22(27(4,5)28(6,7)30)13-19-18(3)36-23-11-12-32-15-21(19)23/h8-13,15H,3H2,1-2,4-7H3/b19-13+,22-20-. The lowest BCUT2D eigenvalue weighted by atomic mass is 9.70. The lowest BCUT2D eigenvalue weighted by molar-refractivity contribution is 0.0870. The molecule has 4 rings (SSSR count). The van der Waals surface area contributed by atoms with Gasteiger partial charge >= 0.3 is 6.08 Å². The first-order valence-electron chi connectivity index (χ1n) is 11.4. The normalized spacial score (nSPS) is 13.7. The van der Waals surface area contributed by atoms with Gasteiger partial charge in [-0.25, -0.2) is 9.07 Å². The number of para-hydroxylation sites is 1. The van der Waals surface area contributed by atoms with E-state index in [2.05, 4.69) is 27.7 Å². The van der Waals surface area contributed by atoms with Gasteiger partial charge in [0.25, 0.3) is 0 Å². The molecule has 0 saturated heterocycles. The van der Waals surface area contributed by atoms with E-state index < -0.39 is 17.2 Å². The fourth-order valence-electron chi connectivity index (χ4n) is 4.17. The van der Waals surface area contributed by atoms with Crippen LogP contribution in [0.2, 0.25) is 0 Å². The number of hydrogen-bond acceptors (Lipinski definition) is 5. The van der Waals surface area contributed by atoms with Crippen LogP contribution in [0.5, 0.6) is 0 Å². The molecule has 0 aliphatic heterocycles. The first-order chi connectivity index (χ1) is 16.9. The second kappa shape index (κ2) is 9.07. The van der Waals surface area contributed by atoms with Crippen molar-refractivity contribution >= 4 is 39.7 Å². The maximum Gasteiger partial charge on any atom is 0.328 e. The lowest BCUT2D eigenvalue weighted by Gasteiger charge is -2.37. The second-order valence-corrected chi connectivity index (χ2v) is 10.9. The van der Waals surface area contributed by atoms with Crippen LogP contribution in [-0.4, -0.2) is 25.4 Å². The fraction of sp³-hybridized carbons (Fsp3) is 0.286. The van der Waals surface area contributed by atoms with Crippen LogP contribution in [0.25, 0.3) is 34.0 Å². The molecule has 0 saturated carbocycles. The zero-order chi connectivity index (χ0) is 26.4. The van der Waals surface area contributed by atoms with Gasteiger partial charge in [0.2, 0.25) is 0 Å². The number of nitrogens with zero attached hydrogens (tertiary/aromatic N) is 5. The topological polar surface area (TPSA) is 67.4 Å². The van der Waals surface area contributed by atoms with Gasteiger partial charge in [-0.1, -0.05) is 38.6 Å². The first kappa shape index (κ1) is 25.4. The van der Waals surface area contributed by atoms with Gasteiger partial charge in [-0.2, -0.15) is 14.6 Å². The molecule has 0 atom stereocenters. The second-order valence-electron chi connectivity index (χ2n) is 9.81. The maximum atomic E-state index is 15.7. The molecular weight excluding hydrogens is 476 g/mol. The van der Waals surface area contributed by atoms with Crippen molar-refractivity contribution in [3.05, 3.63) is 75.0 Å². The van der Waals surface area contributed by atoms with Crippen molar-refractivity contribution in [1.82, 2.24) is 19.7 Å². The molecule has 184 valence electrons. The first-order valence-corrected chi connectivity index (χ1v) is 12.2. The molecule has 0 fully saturated rings. The summed E-state index contributed by atoms with van der Waals surface area (Å²) in [5.41, 5.74) is -0.217. The van der Waals surface area contributed by atoms with E-state index in [1.54, 1.807) is 32.3 Å². The quantitative estimate of drug-likeness (QED) is 0.334. The molecule has 3 aromatic heterocycles. The monoisotopic (exact) mass is 503 g/mol. The van der Waals surface area contributed by atoms with Crippen LogP contribution in [-0.2, 0) is 0 Å². The average Bonchev–Trinajstić information content (AvgIpc) is 3.32. The van der Waals surface area contributed by atoms with E-state index >= 15 is 4.39 Å². The molecule has 4 aromatic rings. The predicted molar refractivity (Wildman–Crippen MR) is 141 cm³/mol. The molecule has 0 N–H and O–H groups in total. The molecule has 0 amide bonds. The van der Waals surface area contributed by atoms with Gasteiger partial charge < -0.3 is 0 Å². The summed E-state index contributed by atoms with van der Waals surface area (Å²) in [5, 5.41) is 16.0. The van der Waals surface area contributed by atoms with E-state index in [9.17, 15) is 9.65 Å².